The quantitative estimate of drug-likeness (QED) is 0.156. The van der Waals surface area contributed by atoms with Crippen molar-refractivity contribution in [1.29, 1.82) is 0 Å². The third kappa shape index (κ3) is 37.0. The molecule has 0 saturated carbocycles. The molecule has 0 aliphatic carbocycles. The number of hydrogen-bond donors (Lipinski definition) is 0. The molecule has 0 aliphatic rings. The molecule has 0 spiro atoms. The zero-order valence-electron chi connectivity index (χ0n) is 17.5. The molecule has 25 heavy (non-hydrogen) atoms. The van der Waals surface area contributed by atoms with E-state index in [1.807, 2.05) is 0 Å². The fourth-order valence-corrected chi connectivity index (χ4v) is 19.3. The van der Waals surface area contributed by atoms with Crippen molar-refractivity contribution in [3.05, 3.63) is 0 Å². The van der Waals surface area contributed by atoms with E-state index in [9.17, 15) is 0 Å². The van der Waals surface area contributed by atoms with Gasteiger partial charge in [0, 0.05) is 10.4 Å². The monoisotopic (exact) mass is 594 g/mol. The molecular weight excluding hydrogens is 550 g/mol. The SMILES string of the molecule is CC[CH2][Sn+]([CH2]CC)[CH2]CC.CC[CH2][Sn+]([CH2]CC)[CH2]CC.O=S(=O)([O-])[O-]. The van der Waals surface area contributed by atoms with Crippen molar-refractivity contribution in [3.63, 3.8) is 0 Å². The van der Waals surface area contributed by atoms with Crippen LogP contribution in [0.4, 0.5) is 0 Å². The molecule has 0 saturated heterocycles. The smallest absolute Gasteiger partial charge is 0.0311 e. The Morgan fingerprint density at radius 1 is 0.520 bits per heavy atom. The van der Waals surface area contributed by atoms with E-state index in [0.29, 0.717) is 0 Å². The van der Waals surface area contributed by atoms with E-state index in [1.165, 1.54) is 38.5 Å². The van der Waals surface area contributed by atoms with Gasteiger partial charge in [0.1, 0.15) is 0 Å². The van der Waals surface area contributed by atoms with Crippen molar-refractivity contribution in [2.75, 3.05) is 0 Å². The first kappa shape index (κ1) is 31.2. The first-order valence-electron chi connectivity index (χ1n) is 10.0. The topological polar surface area (TPSA) is 80.3 Å². The molecule has 0 aromatic rings. The summed E-state index contributed by atoms with van der Waals surface area (Å²) < 4.78 is 43.9. The summed E-state index contributed by atoms with van der Waals surface area (Å²) >= 11 is -1.52. The average molecular weight is 592 g/mol. The van der Waals surface area contributed by atoms with E-state index in [4.69, 9.17) is 17.5 Å². The predicted molar refractivity (Wildman–Crippen MR) is 113 cm³/mol. The van der Waals surface area contributed by atoms with Gasteiger partial charge >= 0.3 is 146 Å². The van der Waals surface area contributed by atoms with Gasteiger partial charge in [-0.05, 0) is 0 Å². The molecule has 0 amide bonds. The van der Waals surface area contributed by atoms with Crippen LogP contribution < -0.4 is 0 Å². The van der Waals surface area contributed by atoms with Crippen LogP contribution in [0.2, 0.25) is 26.6 Å². The molecule has 0 N–H and O–H groups in total. The zero-order valence-corrected chi connectivity index (χ0v) is 24.1. The average Bonchev–Trinajstić information content (AvgIpc) is 2.48. The summed E-state index contributed by atoms with van der Waals surface area (Å²) in [7, 11) is -5.17. The largest absolute Gasteiger partial charge is 0.759 e. The van der Waals surface area contributed by atoms with Crippen molar-refractivity contribution in [1.82, 2.24) is 0 Å². The van der Waals surface area contributed by atoms with Gasteiger partial charge in [0.15, 0.2) is 0 Å². The third-order valence-electron chi connectivity index (χ3n) is 3.62. The maximum Gasteiger partial charge on any atom is 0.0311 e. The molecule has 4 nitrogen and oxygen atoms in total. The summed E-state index contributed by atoms with van der Waals surface area (Å²) in [6.45, 7) is 14.0. The first-order valence-corrected chi connectivity index (χ1v) is 23.5. The van der Waals surface area contributed by atoms with Gasteiger partial charge in [0.25, 0.3) is 0 Å². The summed E-state index contributed by atoms with van der Waals surface area (Å²) in [6.07, 6.45) is 8.72. The van der Waals surface area contributed by atoms with Crippen molar-refractivity contribution in [2.24, 2.45) is 0 Å². The van der Waals surface area contributed by atoms with Crippen LogP contribution in [-0.2, 0) is 10.4 Å². The molecular formula is C18H42O4SSn2. The van der Waals surface area contributed by atoms with Gasteiger partial charge in [-0.15, -0.1) is 0 Å². The second kappa shape index (κ2) is 23.5. The van der Waals surface area contributed by atoms with Crippen LogP contribution in [0.5, 0.6) is 0 Å². The molecule has 0 aromatic carbocycles. The molecule has 0 atom stereocenters. The molecule has 0 unspecified atom stereocenters. The Morgan fingerprint density at radius 2 is 0.640 bits per heavy atom. The standard InChI is InChI=1S/6C3H7.H2O4S.2Sn/c6*1-3-2;1-5(2,3)4;;/h6*1,3H2,2H3;(H2,1,2,3,4);;/q;;;;;;;2*+1/p-2. The summed E-state index contributed by atoms with van der Waals surface area (Å²) in [5.74, 6) is 0. The van der Waals surface area contributed by atoms with Gasteiger partial charge in [-0.2, -0.15) is 0 Å². The fourth-order valence-electron chi connectivity index (χ4n) is 2.87. The molecule has 7 heteroatoms. The van der Waals surface area contributed by atoms with Crippen LogP contribution in [0.15, 0.2) is 0 Å². The van der Waals surface area contributed by atoms with Crippen LogP contribution in [0.3, 0.4) is 0 Å². The van der Waals surface area contributed by atoms with E-state index in [0.717, 1.165) is 0 Å². The molecule has 0 fully saturated rings. The second-order valence-corrected chi connectivity index (χ2v) is 24.3. The van der Waals surface area contributed by atoms with Crippen LogP contribution in [0, 0.1) is 0 Å². The second-order valence-electron chi connectivity index (χ2n) is 6.41. The van der Waals surface area contributed by atoms with Gasteiger partial charge in [0.2, 0.25) is 0 Å². The maximum absolute atomic E-state index is 8.52. The van der Waals surface area contributed by atoms with E-state index >= 15 is 0 Å². The minimum absolute atomic E-state index is 0.759. The molecule has 0 bridgehead atoms. The maximum atomic E-state index is 8.52. The van der Waals surface area contributed by atoms with E-state index < -0.39 is 49.9 Å². The summed E-state index contributed by atoms with van der Waals surface area (Å²) in [4.78, 5) is 0. The van der Waals surface area contributed by atoms with Gasteiger partial charge in [-0.1, -0.05) is 0 Å². The van der Waals surface area contributed by atoms with Crippen LogP contribution >= 0.6 is 0 Å². The normalized spacial score (nSPS) is 10.2. The van der Waals surface area contributed by atoms with Gasteiger partial charge in [0.05, 0.1) is 0 Å². The molecule has 0 radical (unpaired) electrons. The summed E-state index contributed by atoms with van der Waals surface area (Å²) in [5, 5.41) is 0. The molecule has 0 aliphatic heterocycles. The zero-order chi connectivity index (χ0) is 20.1. The fraction of sp³-hybridized carbons (Fsp3) is 1.00. The van der Waals surface area contributed by atoms with Crippen LogP contribution in [0.1, 0.15) is 80.1 Å². The Labute approximate surface area is 173 Å². The predicted octanol–water partition coefficient (Wildman–Crippen LogP) is 6.08. The van der Waals surface area contributed by atoms with E-state index in [-0.39, 0.29) is 0 Å². The van der Waals surface area contributed by atoms with Crippen molar-refractivity contribution in [3.8, 4) is 0 Å². The minimum Gasteiger partial charge on any atom is -0.759 e. The third-order valence-corrected chi connectivity index (χ3v) is 24.3. The summed E-state index contributed by atoms with van der Waals surface area (Å²) in [5.41, 5.74) is 0. The van der Waals surface area contributed by atoms with Gasteiger partial charge in [-0.3, -0.25) is 8.42 Å². The molecule has 0 aromatic heterocycles. The van der Waals surface area contributed by atoms with E-state index in [1.54, 1.807) is 26.6 Å². The Bertz CT molecular complexity index is 283. The van der Waals surface area contributed by atoms with Crippen LogP contribution in [-0.4, -0.2) is 57.0 Å². The molecule has 152 valence electrons. The number of rotatable bonds is 12. The van der Waals surface area contributed by atoms with E-state index in [2.05, 4.69) is 41.5 Å². The Balaban J connectivity index is -0.000000308. The van der Waals surface area contributed by atoms with Gasteiger partial charge < -0.3 is 9.11 Å². The van der Waals surface area contributed by atoms with Crippen molar-refractivity contribution in [2.45, 2.75) is 107 Å². The Kier molecular flexibility index (Phi) is 29.3. The Hall–Kier alpha value is 1.47. The number of hydrogen-bond acceptors (Lipinski definition) is 4. The van der Waals surface area contributed by atoms with Crippen molar-refractivity contribution < 1.29 is 17.5 Å². The Morgan fingerprint density at radius 3 is 0.720 bits per heavy atom. The summed E-state index contributed by atoms with van der Waals surface area (Å²) in [6, 6.07) is 0. The van der Waals surface area contributed by atoms with Gasteiger partial charge in [-0.25, -0.2) is 0 Å². The first-order chi connectivity index (χ1) is 11.7. The van der Waals surface area contributed by atoms with Crippen molar-refractivity contribution >= 4 is 49.9 Å². The minimum atomic E-state index is -5.17. The molecule has 0 heterocycles. The van der Waals surface area contributed by atoms with Crippen LogP contribution in [0.25, 0.3) is 0 Å². The molecule has 0 rings (SSSR count).